The van der Waals surface area contributed by atoms with Crippen LogP contribution in [0.4, 0.5) is 5.95 Å². The Balaban J connectivity index is 1.34. The van der Waals surface area contributed by atoms with E-state index in [0.717, 1.165) is 50.4 Å². The molecule has 0 spiro atoms. The van der Waals surface area contributed by atoms with Gasteiger partial charge in [0.2, 0.25) is 5.95 Å². The number of carbonyl (C=O) groups excluding carboxylic acids is 1. The number of nitrogens with one attached hydrogen (secondary N) is 1. The molecule has 1 aliphatic carbocycles. The minimum Gasteiger partial charge on any atom is -0.349 e. The van der Waals surface area contributed by atoms with Crippen LogP contribution in [-0.4, -0.2) is 44.8 Å². The molecule has 3 heterocycles. The standard InChI is InChI=1S/C20H28N6O/c1-15-18(14-21-20(23-15)25-11-3-2-4-12-25)19(27)24-16-6-8-17(9-7-16)26-13-5-10-22-26/h5,10,13-14,16-17H,2-4,6-9,11-12H2,1H3,(H,24,27). The molecule has 0 bridgehead atoms. The molecular formula is C20H28N6O. The summed E-state index contributed by atoms with van der Waals surface area (Å²) in [6.45, 7) is 3.91. The van der Waals surface area contributed by atoms with E-state index in [9.17, 15) is 4.79 Å². The lowest BCUT2D eigenvalue weighted by atomic mass is 9.91. The van der Waals surface area contributed by atoms with E-state index in [0.29, 0.717) is 11.6 Å². The lowest BCUT2D eigenvalue weighted by Crippen LogP contribution is -2.38. The number of anilines is 1. The molecule has 7 heteroatoms. The van der Waals surface area contributed by atoms with E-state index in [-0.39, 0.29) is 11.9 Å². The molecule has 1 saturated carbocycles. The number of nitrogens with zero attached hydrogens (tertiary/aromatic N) is 5. The van der Waals surface area contributed by atoms with Crippen molar-refractivity contribution in [2.24, 2.45) is 0 Å². The van der Waals surface area contributed by atoms with Gasteiger partial charge in [-0.15, -0.1) is 0 Å². The smallest absolute Gasteiger partial charge is 0.254 e. The van der Waals surface area contributed by atoms with Gasteiger partial charge in [-0.3, -0.25) is 9.48 Å². The SMILES string of the molecule is Cc1nc(N2CCCCC2)ncc1C(=O)NC1CCC(n2cccn2)CC1. The molecule has 4 rings (SSSR count). The van der Waals surface area contributed by atoms with E-state index < -0.39 is 0 Å². The van der Waals surface area contributed by atoms with Crippen molar-refractivity contribution in [3.05, 3.63) is 35.9 Å². The van der Waals surface area contributed by atoms with Crippen molar-refractivity contribution in [1.82, 2.24) is 25.1 Å². The van der Waals surface area contributed by atoms with Gasteiger partial charge < -0.3 is 10.2 Å². The van der Waals surface area contributed by atoms with Crippen molar-refractivity contribution >= 4 is 11.9 Å². The maximum Gasteiger partial charge on any atom is 0.254 e. The van der Waals surface area contributed by atoms with Crippen molar-refractivity contribution in [3.8, 4) is 0 Å². The van der Waals surface area contributed by atoms with Gasteiger partial charge in [0.05, 0.1) is 17.3 Å². The maximum absolute atomic E-state index is 12.7. The van der Waals surface area contributed by atoms with Crippen LogP contribution >= 0.6 is 0 Å². The van der Waals surface area contributed by atoms with Gasteiger partial charge in [0.1, 0.15) is 0 Å². The number of hydrogen-bond donors (Lipinski definition) is 1. The fourth-order valence-electron chi connectivity index (χ4n) is 4.17. The molecule has 0 unspecified atom stereocenters. The van der Waals surface area contributed by atoms with E-state index >= 15 is 0 Å². The van der Waals surface area contributed by atoms with Gasteiger partial charge in [-0.25, -0.2) is 9.97 Å². The molecule has 0 radical (unpaired) electrons. The topological polar surface area (TPSA) is 75.9 Å². The molecule has 0 aromatic carbocycles. The Morgan fingerprint density at radius 2 is 1.93 bits per heavy atom. The summed E-state index contributed by atoms with van der Waals surface area (Å²) in [4.78, 5) is 24.0. The van der Waals surface area contributed by atoms with Gasteiger partial charge in [0, 0.05) is 37.7 Å². The fourth-order valence-corrected chi connectivity index (χ4v) is 4.17. The largest absolute Gasteiger partial charge is 0.349 e. The van der Waals surface area contributed by atoms with Crippen LogP contribution in [0.15, 0.2) is 24.7 Å². The zero-order valence-electron chi connectivity index (χ0n) is 16.0. The summed E-state index contributed by atoms with van der Waals surface area (Å²) >= 11 is 0. The molecule has 2 aliphatic rings. The number of carbonyl (C=O) groups is 1. The molecule has 0 atom stereocenters. The van der Waals surface area contributed by atoms with E-state index in [2.05, 4.69) is 25.3 Å². The summed E-state index contributed by atoms with van der Waals surface area (Å²) in [7, 11) is 0. The highest BCUT2D eigenvalue weighted by atomic mass is 16.1. The Morgan fingerprint density at radius 3 is 2.59 bits per heavy atom. The highest BCUT2D eigenvalue weighted by Crippen LogP contribution is 2.28. The van der Waals surface area contributed by atoms with Crippen LogP contribution in [0, 0.1) is 6.92 Å². The molecule has 1 amide bonds. The van der Waals surface area contributed by atoms with Crippen molar-refractivity contribution in [1.29, 1.82) is 0 Å². The number of aromatic nitrogens is 4. The highest BCUT2D eigenvalue weighted by molar-refractivity contribution is 5.95. The van der Waals surface area contributed by atoms with Crippen LogP contribution in [0.1, 0.15) is 67.0 Å². The van der Waals surface area contributed by atoms with Gasteiger partial charge in [0.25, 0.3) is 5.91 Å². The van der Waals surface area contributed by atoms with Crippen molar-refractivity contribution in [3.63, 3.8) is 0 Å². The predicted molar refractivity (Wildman–Crippen MR) is 104 cm³/mol. The zero-order chi connectivity index (χ0) is 18.6. The van der Waals surface area contributed by atoms with Crippen LogP contribution in [-0.2, 0) is 0 Å². The van der Waals surface area contributed by atoms with Crippen molar-refractivity contribution in [2.45, 2.75) is 64.0 Å². The van der Waals surface area contributed by atoms with Gasteiger partial charge in [-0.2, -0.15) is 5.10 Å². The van der Waals surface area contributed by atoms with E-state index in [1.807, 2.05) is 30.1 Å². The minimum atomic E-state index is -0.0553. The lowest BCUT2D eigenvalue weighted by Gasteiger charge is -2.29. The average molecular weight is 368 g/mol. The van der Waals surface area contributed by atoms with Crippen LogP contribution < -0.4 is 10.2 Å². The number of rotatable bonds is 4. The highest BCUT2D eigenvalue weighted by Gasteiger charge is 2.25. The fraction of sp³-hybridized carbons (Fsp3) is 0.600. The second-order valence-corrected chi connectivity index (χ2v) is 7.68. The predicted octanol–water partition coefficient (Wildman–Crippen LogP) is 2.89. The Hall–Kier alpha value is -2.44. The van der Waals surface area contributed by atoms with Crippen LogP contribution in [0.2, 0.25) is 0 Å². The summed E-state index contributed by atoms with van der Waals surface area (Å²) in [5.41, 5.74) is 1.35. The van der Waals surface area contributed by atoms with Crippen LogP contribution in [0.5, 0.6) is 0 Å². The second kappa shape index (κ2) is 8.06. The molecular weight excluding hydrogens is 340 g/mol. The molecule has 2 fully saturated rings. The summed E-state index contributed by atoms with van der Waals surface area (Å²) in [5, 5.41) is 7.52. The van der Waals surface area contributed by atoms with E-state index in [4.69, 9.17) is 0 Å². The van der Waals surface area contributed by atoms with Gasteiger partial charge >= 0.3 is 0 Å². The molecule has 27 heavy (non-hydrogen) atoms. The first-order chi connectivity index (χ1) is 13.2. The zero-order valence-corrected chi connectivity index (χ0v) is 16.0. The Kier molecular flexibility index (Phi) is 5.36. The number of hydrogen-bond acceptors (Lipinski definition) is 5. The first kappa shape index (κ1) is 17.9. The lowest BCUT2D eigenvalue weighted by molar-refractivity contribution is 0.0920. The number of piperidine rings is 1. The normalized spacial score (nSPS) is 23.2. The molecule has 144 valence electrons. The number of amides is 1. The second-order valence-electron chi connectivity index (χ2n) is 7.68. The van der Waals surface area contributed by atoms with E-state index in [1.54, 1.807) is 6.20 Å². The monoisotopic (exact) mass is 368 g/mol. The molecule has 2 aromatic rings. The molecule has 2 aromatic heterocycles. The maximum atomic E-state index is 12.7. The number of aryl methyl sites for hydroxylation is 1. The third-order valence-electron chi connectivity index (χ3n) is 5.78. The quantitative estimate of drug-likeness (QED) is 0.898. The van der Waals surface area contributed by atoms with E-state index in [1.165, 1.54) is 19.3 Å². The molecule has 1 saturated heterocycles. The Labute approximate surface area is 160 Å². The van der Waals surface area contributed by atoms with Crippen LogP contribution in [0.25, 0.3) is 0 Å². The van der Waals surface area contributed by atoms with Crippen molar-refractivity contribution < 1.29 is 4.79 Å². The summed E-state index contributed by atoms with van der Waals surface area (Å²) < 4.78 is 2.04. The third kappa shape index (κ3) is 4.12. The summed E-state index contributed by atoms with van der Waals surface area (Å²) in [6, 6.07) is 2.62. The molecule has 1 N–H and O–H groups in total. The van der Waals surface area contributed by atoms with Crippen molar-refractivity contribution in [2.75, 3.05) is 18.0 Å². The Bertz CT molecular complexity index is 761. The molecule has 1 aliphatic heterocycles. The molecule has 7 nitrogen and oxygen atoms in total. The minimum absolute atomic E-state index is 0.0553. The van der Waals surface area contributed by atoms with Gasteiger partial charge in [-0.05, 0) is 57.9 Å². The first-order valence-electron chi connectivity index (χ1n) is 10.1. The van der Waals surface area contributed by atoms with Gasteiger partial charge in [0.15, 0.2) is 0 Å². The Morgan fingerprint density at radius 1 is 1.15 bits per heavy atom. The van der Waals surface area contributed by atoms with Gasteiger partial charge in [-0.1, -0.05) is 0 Å². The van der Waals surface area contributed by atoms with Crippen LogP contribution in [0.3, 0.4) is 0 Å². The third-order valence-corrected chi connectivity index (χ3v) is 5.78. The first-order valence-corrected chi connectivity index (χ1v) is 10.1. The average Bonchev–Trinajstić information content (AvgIpc) is 3.24. The summed E-state index contributed by atoms with van der Waals surface area (Å²) in [6.07, 6.45) is 13.2. The summed E-state index contributed by atoms with van der Waals surface area (Å²) in [5.74, 6) is 0.698.